The molecule has 1 saturated heterocycles. The molecule has 6 rings (SSSR count). The van der Waals surface area contributed by atoms with Crippen LogP contribution in [-0.4, -0.2) is 57.4 Å². The van der Waals surface area contributed by atoms with Gasteiger partial charge >= 0.3 is 5.97 Å². The number of nitrogens with zero attached hydrogens (tertiary/aromatic N) is 4. The Bertz CT molecular complexity index is 1640. The maximum Gasteiger partial charge on any atom is 0.328 e. The van der Waals surface area contributed by atoms with E-state index in [2.05, 4.69) is 15.6 Å². The van der Waals surface area contributed by atoms with E-state index in [1.807, 2.05) is 35.7 Å². The molecule has 2 aliphatic rings. The molecule has 2 aromatic carbocycles. The van der Waals surface area contributed by atoms with Crippen molar-refractivity contribution < 1.29 is 19.1 Å². The molecular formula is C29H25Cl2N5O4S. The first-order valence-electron chi connectivity index (χ1n) is 13.1. The molecule has 1 N–H and O–H groups in total. The zero-order chi connectivity index (χ0) is 28.7. The Hall–Kier alpha value is -3.73. The van der Waals surface area contributed by atoms with Crippen LogP contribution in [0.3, 0.4) is 0 Å². The van der Waals surface area contributed by atoms with Crippen LogP contribution in [-0.2, 0) is 14.3 Å². The van der Waals surface area contributed by atoms with Crippen LogP contribution in [0.25, 0.3) is 22.4 Å². The van der Waals surface area contributed by atoms with E-state index in [4.69, 9.17) is 27.9 Å². The Labute approximate surface area is 250 Å². The number of likely N-dealkylation sites (tertiary alicyclic amines) is 1. The Morgan fingerprint density at radius 2 is 1.83 bits per heavy atom. The molecule has 2 atom stereocenters. The molecule has 1 aliphatic carbocycles. The van der Waals surface area contributed by atoms with Gasteiger partial charge in [-0.25, -0.2) is 9.48 Å². The highest BCUT2D eigenvalue weighted by Crippen LogP contribution is 2.41. The van der Waals surface area contributed by atoms with Gasteiger partial charge in [0, 0.05) is 35.4 Å². The van der Waals surface area contributed by atoms with E-state index in [9.17, 15) is 14.4 Å². The monoisotopic (exact) mass is 609 g/mol. The number of anilines is 1. The maximum atomic E-state index is 14.3. The summed E-state index contributed by atoms with van der Waals surface area (Å²) in [6.45, 7) is 0.185. The van der Waals surface area contributed by atoms with E-state index in [0.717, 1.165) is 18.4 Å². The van der Waals surface area contributed by atoms with Gasteiger partial charge in [-0.05, 0) is 24.5 Å². The second-order valence-corrected chi connectivity index (χ2v) is 11.7. The predicted molar refractivity (Wildman–Crippen MR) is 157 cm³/mol. The van der Waals surface area contributed by atoms with Crippen molar-refractivity contribution in [3.05, 3.63) is 75.7 Å². The van der Waals surface area contributed by atoms with Gasteiger partial charge in [-0.1, -0.05) is 70.9 Å². The lowest BCUT2D eigenvalue weighted by atomic mass is 10.0. The molecule has 12 heteroatoms. The predicted octanol–water partition coefficient (Wildman–Crippen LogP) is 5.96. The van der Waals surface area contributed by atoms with E-state index in [0.29, 0.717) is 37.4 Å². The average molecular weight is 611 g/mol. The quantitative estimate of drug-likeness (QED) is 0.259. The minimum absolute atomic E-state index is 0.0336. The average Bonchev–Trinajstić information content (AvgIpc) is 3.37. The molecule has 4 aromatic rings. The van der Waals surface area contributed by atoms with Gasteiger partial charge < -0.3 is 15.0 Å². The van der Waals surface area contributed by atoms with Crippen molar-refractivity contribution in [3.63, 3.8) is 0 Å². The first kappa shape index (κ1) is 27.4. The van der Waals surface area contributed by atoms with Crippen molar-refractivity contribution in [1.29, 1.82) is 0 Å². The summed E-state index contributed by atoms with van der Waals surface area (Å²) >= 11 is 13.9. The van der Waals surface area contributed by atoms with Gasteiger partial charge in [0.25, 0.3) is 5.91 Å². The molecule has 0 radical (unpaired) electrons. The first-order chi connectivity index (χ1) is 19.9. The van der Waals surface area contributed by atoms with Crippen LogP contribution in [0, 0.1) is 5.92 Å². The molecule has 210 valence electrons. The number of carbonyl (C=O) groups excluding carboxylic acids is 3. The summed E-state index contributed by atoms with van der Waals surface area (Å²) in [7, 11) is 1.30. The molecule has 2 amide bonds. The zero-order valence-corrected chi connectivity index (χ0v) is 24.2. The van der Waals surface area contributed by atoms with E-state index in [1.54, 1.807) is 29.1 Å². The number of hydrogen-bond acceptors (Lipinski definition) is 7. The zero-order valence-electron chi connectivity index (χ0n) is 21.9. The summed E-state index contributed by atoms with van der Waals surface area (Å²) in [5, 5.41) is 14.6. The highest BCUT2D eigenvalue weighted by molar-refractivity contribution is 7.15. The van der Waals surface area contributed by atoms with E-state index in [-0.39, 0.29) is 36.7 Å². The minimum atomic E-state index is -0.851. The molecule has 1 aliphatic heterocycles. The highest BCUT2D eigenvalue weighted by Gasteiger charge is 2.43. The lowest BCUT2D eigenvalue weighted by Gasteiger charge is -2.23. The molecule has 9 nitrogen and oxygen atoms in total. The van der Waals surface area contributed by atoms with Gasteiger partial charge in [0.2, 0.25) is 5.91 Å². The lowest BCUT2D eigenvalue weighted by Crippen LogP contribution is -2.41. The fraction of sp³-hybridized carbons (Fsp3) is 0.276. The fourth-order valence-electron chi connectivity index (χ4n) is 5.07. The van der Waals surface area contributed by atoms with Crippen molar-refractivity contribution in [1.82, 2.24) is 19.9 Å². The van der Waals surface area contributed by atoms with Crippen LogP contribution in [0.1, 0.15) is 35.7 Å². The molecule has 2 fully saturated rings. The third-order valence-corrected chi connectivity index (χ3v) is 9.11. The molecule has 2 aromatic heterocycles. The number of methoxy groups -OCH3 is 1. The number of carbonyl (C=O) groups is 3. The summed E-state index contributed by atoms with van der Waals surface area (Å²) in [5.74, 6) is -1.03. The van der Waals surface area contributed by atoms with Crippen molar-refractivity contribution >= 4 is 57.3 Å². The first-order valence-corrected chi connectivity index (χ1v) is 14.7. The van der Waals surface area contributed by atoms with Crippen molar-refractivity contribution in [3.8, 4) is 22.4 Å². The van der Waals surface area contributed by atoms with Crippen LogP contribution in [0.5, 0.6) is 0 Å². The number of halogens is 2. The van der Waals surface area contributed by atoms with E-state index < -0.39 is 12.0 Å². The third-order valence-electron chi connectivity index (χ3n) is 7.40. The molecular weight excluding hydrogens is 585 g/mol. The SMILES string of the molecule is COC(=O)[C@@H]1C[C@@H](n2cc(-c3cccc(Cl)c3Cl)nn2)CN1C(=O)c1c(-c2ccccc2)csc1NC(=O)C1CC1. The third kappa shape index (κ3) is 5.35. The smallest absolute Gasteiger partial charge is 0.328 e. The second-order valence-electron chi connectivity index (χ2n) is 10.1. The van der Waals surface area contributed by atoms with Crippen molar-refractivity contribution in [2.45, 2.75) is 31.3 Å². The molecule has 0 unspecified atom stereocenters. The van der Waals surface area contributed by atoms with Gasteiger partial charge in [-0.2, -0.15) is 0 Å². The van der Waals surface area contributed by atoms with E-state index in [1.165, 1.54) is 23.3 Å². The minimum Gasteiger partial charge on any atom is -0.467 e. The second kappa shape index (κ2) is 11.3. The van der Waals surface area contributed by atoms with E-state index >= 15 is 0 Å². The summed E-state index contributed by atoms with van der Waals surface area (Å²) in [4.78, 5) is 41.4. The van der Waals surface area contributed by atoms with Crippen molar-refractivity contribution in [2.75, 3.05) is 19.0 Å². The molecule has 0 spiro atoms. The summed E-state index contributed by atoms with van der Waals surface area (Å²) in [6.07, 6.45) is 3.68. The fourth-order valence-corrected chi connectivity index (χ4v) is 6.43. The van der Waals surface area contributed by atoms with Gasteiger partial charge in [0.15, 0.2) is 0 Å². The Kier molecular flexibility index (Phi) is 7.54. The number of nitrogens with one attached hydrogen (secondary N) is 1. The van der Waals surface area contributed by atoms with Crippen LogP contribution in [0.4, 0.5) is 5.00 Å². The molecule has 41 heavy (non-hydrogen) atoms. The van der Waals surface area contributed by atoms with Crippen LogP contribution in [0.15, 0.2) is 60.1 Å². The Morgan fingerprint density at radius 3 is 2.56 bits per heavy atom. The normalized spacial score (nSPS) is 18.4. The summed E-state index contributed by atoms with van der Waals surface area (Å²) in [5.41, 5.74) is 3.03. The number of aromatic nitrogens is 3. The number of ether oxygens (including phenoxy) is 1. The van der Waals surface area contributed by atoms with Crippen LogP contribution < -0.4 is 5.32 Å². The number of benzene rings is 2. The number of amides is 2. The summed E-state index contributed by atoms with van der Waals surface area (Å²) < 4.78 is 6.73. The maximum absolute atomic E-state index is 14.3. The largest absolute Gasteiger partial charge is 0.467 e. The Morgan fingerprint density at radius 1 is 1.05 bits per heavy atom. The number of hydrogen-bond donors (Lipinski definition) is 1. The van der Waals surface area contributed by atoms with Gasteiger partial charge in [0.05, 0.1) is 35.0 Å². The molecule has 3 heterocycles. The number of rotatable bonds is 7. The standard InChI is InChI=1S/C29H25Cl2N5O4S/c1-40-29(39)23-12-18(36-14-22(33-34-36)19-8-5-9-21(30)25(19)31)13-35(23)28(38)24-20(16-6-3-2-4-7-16)15-41-27(24)32-26(37)17-10-11-17/h2-9,14-15,17-18,23H,10-13H2,1H3,(H,32,37)/t18-,23+/m1/s1. The van der Waals surface area contributed by atoms with Gasteiger partial charge in [-0.3, -0.25) is 9.59 Å². The van der Waals surface area contributed by atoms with Crippen LogP contribution in [0.2, 0.25) is 10.0 Å². The van der Waals surface area contributed by atoms with Crippen molar-refractivity contribution in [2.24, 2.45) is 5.92 Å². The van der Waals surface area contributed by atoms with Gasteiger partial charge in [-0.15, -0.1) is 16.4 Å². The highest BCUT2D eigenvalue weighted by atomic mass is 35.5. The topological polar surface area (TPSA) is 106 Å². The molecule has 1 saturated carbocycles. The van der Waals surface area contributed by atoms with Crippen LogP contribution >= 0.6 is 34.5 Å². The van der Waals surface area contributed by atoms with Gasteiger partial charge in [0.1, 0.15) is 16.7 Å². The Balaban J connectivity index is 1.34. The summed E-state index contributed by atoms with van der Waals surface area (Å²) in [6, 6.07) is 13.5. The molecule has 0 bridgehead atoms. The number of thiophene rings is 1. The lowest BCUT2D eigenvalue weighted by molar-refractivity contribution is -0.145. The number of esters is 1.